The second-order valence-electron chi connectivity index (χ2n) is 1.97. The summed E-state index contributed by atoms with van der Waals surface area (Å²) >= 11 is 11.8. The highest BCUT2D eigenvalue weighted by Gasteiger charge is 2.13. The van der Waals surface area contributed by atoms with E-state index in [0.29, 0.717) is 14.0 Å². The van der Waals surface area contributed by atoms with Gasteiger partial charge in [-0.25, -0.2) is 0 Å². The predicted molar refractivity (Wildman–Crippen MR) is 53.5 cm³/mol. The third-order valence-corrected chi connectivity index (χ3v) is 3.02. The first-order valence-electron chi connectivity index (χ1n) is 2.81. The second-order valence-corrected chi connectivity index (χ2v) is 4.09. The number of hydrogen-bond donors (Lipinski definition) is 0. The predicted octanol–water partition coefficient (Wildman–Crippen LogP) is 3.77. The molecule has 6 heteroatoms. The molecule has 0 heterocycles. The number of benzene rings is 1. The monoisotopic (exact) mass is 313 g/mol. The van der Waals surface area contributed by atoms with E-state index in [9.17, 15) is 10.1 Å². The SMILES string of the molecule is O=[N+]([O-])c1cc(Br)c(Cl)cc1Br. The molecule has 3 nitrogen and oxygen atoms in total. The largest absolute Gasteiger partial charge is 0.284 e. The summed E-state index contributed by atoms with van der Waals surface area (Å²) in [7, 11) is 0. The van der Waals surface area contributed by atoms with Gasteiger partial charge in [-0.15, -0.1) is 0 Å². The summed E-state index contributed by atoms with van der Waals surface area (Å²) in [6.07, 6.45) is 0. The summed E-state index contributed by atoms with van der Waals surface area (Å²) in [4.78, 5) is 9.92. The number of nitro benzene ring substituents is 1. The van der Waals surface area contributed by atoms with E-state index in [-0.39, 0.29) is 5.69 Å². The van der Waals surface area contributed by atoms with Crippen molar-refractivity contribution in [3.63, 3.8) is 0 Å². The van der Waals surface area contributed by atoms with Crippen LogP contribution in [0.25, 0.3) is 0 Å². The zero-order valence-electron chi connectivity index (χ0n) is 5.55. The molecule has 1 aromatic rings. The van der Waals surface area contributed by atoms with Crippen molar-refractivity contribution >= 4 is 49.1 Å². The van der Waals surface area contributed by atoms with Gasteiger partial charge in [0.05, 0.1) is 14.4 Å². The van der Waals surface area contributed by atoms with Crippen molar-refractivity contribution in [2.75, 3.05) is 0 Å². The van der Waals surface area contributed by atoms with Gasteiger partial charge in [0.25, 0.3) is 5.69 Å². The molecule has 0 fully saturated rings. The van der Waals surface area contributed by atoms with Gasteiger partial charge in [0.1, 0.15) is 0 Å². The summed E-state index contributed by atoms with van der Waals surface area (Å²) in [5.41, 5.74) is -0.00808. The minimum atomic E-state index is -0.481. The zero-order chi connectivity index (χ0) is 9.30. The lowest BCUT2D eigenvalue weighted by atomic mass is 10.3. The molecule has 0 aliphatic heterocycles. The van der Waals surface area contributed by atoms with E-state index in [1.165, 1.54) is 12.1 Å². The summed E-state index contributed by atoms with van der Waals surface area (Å²) in [5.74, 6) is 0. The van der Waals surface area contributed by atoms with Crippen molar-refractivity contribution in [1.29, 1.82) is 0 Å². The lowest BCUT2D eigenvalue weighted by Gasteiger charge is -1.97. The molecule has 0 N–H and O–H groups in total. The van der Waals surface area contributed by atoms with Gasteiger partial charge < -0.3 is 0 Å². The first-order chi connectivity index (χ1) is 5.52. The fraction of sp³-hybridized carbons (Fsp3) is 0. The fourth-order valence-corrected chi connectivity index (χ4v) is 1.77. The molecule has 1 rings (SSSR count). The van der Waals surface area contributed by atoms with Crippen LogP contribution in [0.4, 0.5) is 5.69 Å². The maximum atomic E-state index is 10.4. The van der Waals surface area contributed by atoms with Crippen LogP contribution in [0.1, 0.15) is 0 Å². The van der Waals surface area contributed by atoms with Gasteiger partial charge in [-0.05, 0) is 37.9 Å². The Labute approximate surface area is 90.1 Å². The van der Waals surface area contributed by atoms with E-state index in [2.05, 4.69) is 31.9 Å². The molecular weight excluding hydrogens is 313 g/mol. The van der Waals surface area contributed by atoms with Gasteiger partial charge in [0.2, 0.25) is 0 Å². The minimum absolute atomic E-state index is 0.00808. The maximum Gasteiger partial charge on any atom is 0.284 e. The Bertz CT molecular complexity index is 343. The Morgan fingerprint density at radius 1 is 1.33 bits per heavy atom. The highest BCUT2D eigenvalue weighted by atomic mass is 79.9. The molecule has 1 aromatic carbocycles. The van der Waals surface area contributed by atoms with E-state index in [1.54, 1.807) is 0 Å². The summed E-state index contributed by atoms with van der Waals surface area (Å²) in [5, 5.41) is 10.8. The molecule has 0 atom stereocenters. The van der Waals surface area contributed by atoms with Crippen molar-refractivity contribution in [3.8, 4) is 0 Å². The van der Waals surface area contributed by atoms with Crippen molar-refractivity contribution in [2.45, 2.75) is 0 Å². The first-order valence-corrected chi connectivity index (χ1v) is 4.77. The van der Waals surface area contributed by atoms with Gasteiger partial charge in [0.15, 0.2) is 0 Å². The molecule has 0 spiro atoms. The molecule has 0 radical (unpaired) electrons. The molecule has 0 unspecified atom stereocenters. The number of halogens is 3. The van der Waals surface area contributed by atoms with Crippen molar-refractivity contribution in [2.24, 2.45) is 0 Å². The van der Waals surface area contributed by atoms with Gasteiger partial charge in [0, 0.05) is 10.5 Å². The number of nitro groups is 1. The molecule has 0 aromatic heterocycles. The first kappa shape index (κ1) is 9.95. The molecule has 0 saturated carbocycles. The highest BCUT2D eigenvalue weighted by molar-refractivity contribution is 9.11. The fourth-order valence-electron chi connectivity index (χ4n) is 0.652. The van der Waals surface area contributed by atoms with Crippen LogP contribution in [0.3, 0.4) is 0 Å². The van der Waals surface area contributed by atoms with Crippen molar-refractivity contribution in [3.05, 3.63) is 36.2 Å². The van der Waals surface area contributed by atoms with Crippen molar-refractivity contribution in [1.82, 2.24) is 0 Å². The second kappa shape index (κ2) is 3.72. The Morgan fingerprint density at radius 3 is 2.42 bits per heavy atom. The summed E-state index contributed by atoms with van der Waals surface area (Å²) in [6, 6.07) is 2.83. The van der Waals surface area contributed by atoms with Crippen LogP contribution in [0.2, 0.25) is 5.02 Å². The molecule has 12 heavy (non-hydrogen) atoms. The van der Waals surface area contributed by atoms with Crippen LogP contribution in [0, 0.1) is 10.1 Å². The van der Waals surface area contributed by atoms with Gasteiger partial charge in [-0.1, -0.05) is 11.6 Å². The van der Waals surface area contributed by atoms with E-state index >= 15 is 0 Å². The Morgan fingerprint density at radius 2 is 1.92 bits per heavy atom. The lowest BCUT2D eigenvalue weighted by molar-refractivity contribution is -0.385. The van der Waals surface area contributed by atoms with E-state index in [0.717, 1.165) is 0 Å². The van der Waals surface area contributed by atoms with Crippen LogP contribution in [-0.4, -0.2) is 4.92 Å². The molecule has 0 saturated heterocycles. The topological polar surface area (TPSA) is 43.1 Å². The Balaban J connectivity index is 3.33. The smallest absolute Gasteiger partial charge is 0.258 e. The summed E-state index contributed by atoms with van der Waals surface area (Å²) in [6.45, 7) is 0. The van der Waals surface area contributed by atoms with E-state index in [4.69, 9.17) is 11.6 Å². The third-order valence-electron chi connectivity index (χ3n) is 1.19. The lowest BCUT2D eigenvalue weighted by Crippen LogP contribution is -1.89. The molecule has 0 aliphatic rings. The van der Waals surface area contributed by atoms with Gasteiger partial charge >= 0.3 is 0 Å². The average Bonchev–Trinajstić information content (AvgIpc) is 1.96. The Hall–Kier alpha value is -0.130. The molecule has 0 aliphatic carbocycles. The van der Waals surface area contributed by atoms with Crippen LogP contribution < -0.4 is 0 Å². The number of rotatable bonds is 1. The summed E-state index contributed by atoms with van der Waals surface area (Å²) < 4.78 is 0.889. The number of nitrogens with zero attached hydrogens (tertiary/aromatic N) is 1. The van der Waals surface area contributed by atoms with Crippen molar-refractivity contribution < 1.29 is 4.92 Å². The van der Waals surface area contributed by atoms with Crippen LogP contribution in [0.15, 0.2) is 21.1 Å². The van der Waals surface area contributed by atoms with Gasteiger partial charge in [-0.3, -0.25) is 10.1 Å². The molecule has 0 bridgehead atoms. The normalized spacial score (nSPS) is 9.92. The van der Waals surface area contributed by atoms with E-state index in [1.807, 2.05) is 0 Å². The zero-order valence-corrected chi connectivity index (χ0v) is 9.48. The van der Waals surface area contributed by atoms with Crippen LogP contribution in [0.5, 0.6) is 0 Å². The van der Waals surface area contributed by atoms with Crippen LogP contribution >= 0.6 is 43.5 Å². The Kier molecular flexibility index (Phi) is 3.09. The molecule has 64 valence electrons. The van der Waals surface area contributed by atoms with Gasteiger partial charge in [-0.2, -0.15) is 0 Å². The van der Waals surface area contributed by atoms with Crippen LogP contribution in [-0.2, 0) is 0 Å². The number of hydrogen-bond acceptors (Lipinski definition) is 2. The minimum Gasteiger partial charge on any atom is -0.258 e. The molecular formula is C6H2Br2ClNO2. The standard InChI is InChI=1S/C6H2Br2ClNO2/c7-3-2-6(10(11)12)4(8)1-5(3)9/h1-2H. The quantitative estimate of drug-likeness (QED) is 0.450. The third kappa shape index (κ3) is 1.97. The average molecular weight is 315 g/mol. The van der Waals surface area contributed by atoms with E-state index < -0.39 is 4.92 Å². The maximum absolute atomic E-state index is 10.4. The highest BCUT2D eigenvalue weighted by Crippen LogP contribution is 2.33. The molecule has 0 amide bonds.